The summed E-state index contributed by atoms with van der Waals surface area (Å²) in [4.78, 5) is 27.7. The van der Waals surface area contributed by atoms with Gasteiger partial charge in [0.05, 0.1) is 13.7 Å². The number of nitrogens with one attached hydrogen (secondary N) is 1. The molecule has 0 radical (unpaired) electrons. The number of hydrogen-bond donors (Lipinski definition) is 1. The molecule has 1 unspecified atom stereocenters. The number of amides is 1. The summed E-state index contributed by atoms with van der Waals surface area (Å²) < 4.78 is 18.0. The van der Waals surface area contributed by atoms with E-state index in [9.17, 15) is 14.0 Å². The second kappa shape index (κ2) is 9.92. The Kier molecular flexibility index (Phi) is 7.90. The first-order valence-corrected chi connectivity index (χ1v) is 10.1. The molecule has 1 N–H and O–H groups in total. The van der Waals surface area contributed by atoms with E-state index >= 15 is 0 Å². The molecule has 1 aromatic rings. The van der Waals surface area contributed by atoms with Gasteiger partial charge in [-0.25, -0.2) is 9.18 Å². The lowest BCUT2D eigenvalue weighted by atomic mass is 10.2. The number of carbonyl (C=O) groups is 2. The average Bonchev–Trinajstić information content (AvgIpc) is 3.14. The van der Waals surface area contributed by atoms with E-state index in [1.807, 2.05) is 4.90 Å². The van der Waals surface area contributed by atoms with Gasteiger partial charge in [-0.2, -0.15) is 0 Å². The number of rotatable bonds is 8. The highest BCUT2D eigenvalue weighted by molar-refractivity contribution is 7.99. The molecule has 7 heteroatoms. The number of carbonyl (C=O) groups excluding carboxylic acids is 2. The minimum absolute atomic E-state index is 0.0196. The Labute approximate surface area is 158 Å². The van der Waals surface area contributed by atoms with Gasteiger partial charge >= 0.3 is 5.97 Å². The lowest BCUT2D eigenvalue weighted by Crippen LogP contribution is -3.17. The van der Waals surface area contributed by atoms with E-state index in [1.54, 1.807) is 30.8 Å². The maximum atomic E-state index is 13.2. The zero-order valence-corrected chi connectivity index (χ0v) is 16.5. The maximum Gasteiger partial charge on any atom is 0.364 e. The monoisotopic (exact) mass is 383 g/mol. The van der Waals surface area contributed by atoms with Crippen LogP contribution in [0.5, 0.6) is 0 Å². The molecule has 0 aromatic heterocycles. The normalized spacial score (nSPS) is 19.2. The second-order valence-corrected chi connectivity index (χ2v) is 7.73. The molecule has 1 saturated heterocycles. The van der Waals surface area contributed by atoms with Gasteiger partial charge in [0.15, 0.2) is 12.6 Å². The van der Waals surface area contributed by atoms with Crippen LogP contribution in [0.3, 0.4) is 0 Å². The summed E-state index contributed by atoms with van der Waals surface area (Å²) in [6.45, 7) is 5.57. The fraction of sp³-hybridized carbons (Fsp3) is 0.579. The van der Waals surface area contributed by atoms with Crippen molar-refractivity contribution in [1.82, 2.24) is 4.90 Å². The Balaban J connectivity index is 2.08. The first-order valence-electron chi connectivity index (χ1n) is 9.06. The standard InChI is InChI=1S/C19H27FN2O3S/c1-4-5-10-21(14(2)19(24)25-3)13-17(23)22-11-12-26-18(22)15-6-8-16(20)9-7-15/h6-9,14,18H,4-5,10-13H2,1-3H3/p+1/t14-,18-/m0/s1. The van der Waals surface area contributed by atoms with Crippen LogP contribution in [-0.4, -0.2) is 55.3 Å². The Morgan fingerprint density at radius 1 is 1.38 bits per heavy atom. The fourth-order valence-corrected chi connectivity index (χ4v) is 4.41. The van der Waals surface area contributed by atoms with Gasteiger partial charge < -0.3 is 14.5 Å². The predicted molar refractivity (Wildman–Crippen MR) is 100 cm³/mol. The summed E-state index contributed by atoms with van der Waals surface area (Å²) in [5.41, 5.74) is 0.929. The van der Waals surface area contributed by atoms with E-state index in [0.29, 0.717) is 6.54 Å². The molecular formula is C19H28FN2O3S+. The quantitative estimate of drug-likeness (QED) is 0.694. The first kappa shape index (κ1) is 20.7. The Morgan fingerprint density at radius 2 is 2.08 bits per heavy atom. The maximum absolute atomic E-state index is 13.2. The molecule has 1 aromatic carbocycles. The van der Waals surface area contributed by atoms with Crippen molar-refractivity contribution in [2.45, 2.75) is 38.1 Å². The van der Waals surface area contributed by atoms with Gasteiger partial charge in [0.25, 0.3) is 5.91 Å². The molecule has 3 atom stereocenters. The van der Waals surface area contributed by atoms with E-state index in [-0.39, 0.29) is 35.7 Å². The van der Waals surface area contributed by atoms with Crippen LogP contribution in [-0.2, 0) is 14.3 Å². The van der Waals surface area contributed by atoms with Crippen molar-refractivity contribution >= 4 is 23.6 Å². The van der Waals surface area contributed by atoms with Crippen LogP contribution >= 0.6 is 11.8 Å². The van der Waals surface area contributed by atoms with Crippen molar-refractivity contribution in [3.05, 3.63) is 35.6 Å². The lowest BCUT2D eigenvalue weighted by molar-refractivity contribution is -0.907. The molecule has 5 nitrogen and oxygen atoms in total. The molecule has 2 rings (SSSR count). The number of benzene rings is 1. The van der Waals surface area contributed by atoms with Gasteiger partial charge in [-0.3, -0.25) is 4.79 Å². The lowest BCUT2D eigenvalue weighted by Gasteiger charge is -2.28. The minimum atomic E-state index is -0.380. The van der Waals surface area contributed by atoms with Crippen LogP contribution in [0, 0.1) is 5.82 Å². The first-order chi connectivity index (χ1) is 12.5. The van der Waals surface area contributed by atoms with Gasteiger partial charge in [0, 0.05) is 12.3 Å². The summed E-state index contributed by atoms with van der Waals surface area (Å²) >= 11 is 1.68. The molecule has 0 bridgehead atoms. The van der Waals surface area contributed by atoms with Gasteiger partial charge in [-0.05, 0) is 31.0 Å². The number of nitrogens with zero attached hydrogens (tertiary/aromatic N) is 1. The SMILES string of the molecule is CCCC[NH+](CC(=O)N1CCS[C@H]1c1ccc(F)cc1)[C@@H](C)C(=O)OC. The van der Waals surface area contributed by atoms with Gasteiger partial charge in [-0.1, -0.05) is 25.5 Å². The number of methoxy groups -OCH3 is 1. The smallest absolute Gasteiger partial charge is 0.364 e. The summed E-state index contributed by atoms with van der Waals surface area (Å²) in [5.74, 6) is 0.294. The van der Waals surface area contributed by atoms with Crippen LogP contribution in [0.4, 0.5) is 4.39 Å². The Bertz CT molecular complexity index is 611. The number of esters is 1. The molecule has 0 spiro atoms. The molecule has 1 aliphatic rings. The van der Waals surface area contributed by atoms with Crippen molar-refractivity contribution < 1.29 is 23.6 Å². The zero-order chi connectivity index (χ0) is 19.1. The minimum Gasteiger partial charge on any atom is -0.465 e. The van der Waals surface area contributed by atoms with E-state index in [2.05, 4.69) is 6.92 Å². The van der Waals surface area contributed by atoms with Gasteiger partial charge in [-0.15, -0.1) is 11.8 Å². The number of halogens is 1. The second-order valence-electron chi connectivity index (χ2n) is 6.55. The van der Waals surface area contributed by atoms with Crippen LogP contribution in [0.1, 0.15) is 37.6 Å². The fourth-order valence-electron chi connectivity index (χ4n) is 3.13. The molecule has 1 fully saturated rings. The van der Waals surface area contributed by atoms with Crippen molar-refractivity contribution in [2.75, 3.05) is 32.5 Å². The van der Waals surface area contributed by atoms with Crippen LogP contribution < -0.4 is 4.90 Å². The molecule has 0 saturated carbocycles. The number of ether oxygens (including phenoxy) is 1. The average molecular weight is 384 g/mol. The van der Waals surface area contributed by atoms with Gasteiger partial charge in [0.2, 0.25) is 0 Å². The van der Waals surface area contributed by atoms with Gasteiger partial charge in [0.1, 0.15) is 11.2 Å². The highest BCUT2D eigenvalue weighted by atomic mass is 32.2. The van der Waals surface area contributed by atoms with E-state index in [1.165, 1.54) is 19.2 Å². The third-order valence-electron chi connectivity index (χ3n) is 4.76. The summed E-state index contributed by atoms with van der Waals surface area (Å²) in [5, 5.41) is -0.0936. The highest BCUT2D eigenvalue weighted by Crippen LogP contribution is 2.37. The van der Waals surface area contributed by atoms with Crippen LogP contribution in [0.25, 0.3) is 0 Å². The van der Waals surface area contributed by atoms with Crippen molar-refractivity contribution in [3.8, 4) is 0 Å². The van der Waals surface area contributed by atoms with Crippen molar-refractivity contribution in [1.29, 1.82) is 0 Å². The molecule has 1 aliphatic heterocycles. The molecule has 1 amide bonds. The molecular weight excluding hydrogens is 355 g/mol. The number of hydrogen-bond acceptors (Lipinski definition) is 4. The molecule has 1 heterocycles. The largest absolute Gasteiger partial charge is 0.465 e. The predicted octanol–water partition coefficient (Wildman–Crippen LogP) is 1.65. The van der Waals surface area contributed by atoms with Crippen LogP contribution in [0.15, 0.2) is 24.3 Å². The number of unbranched alkanes of at least 4 members (excludes halogenated alkanes) is 1. The van der Waals surface area contributed by atoms with Crippen molar-refractivity contribution in [2.24, 2.45) is 0 Å². The Hall–Kier alpha value is -1.60. The topological polar surface area (TPSA) is 51.0 Å². The summed E-state index contributed by atoms with van der Waals surface area (Å²) in [6.07, 6.45) is 1.95. The van der Waals surface area contributed by atoms with Crippen LogP contribution in [0.2, 0.25) is 0 Å². The van der Waals surface area contributed by atoms with E-state index in [4.69, 9.17) is 4.74 Å². The highest BCUT2D eigenvalue weighted by Gasteiger charge is 2.35. The third-order valence-corrected chi connectivity index (χ3v) is 6.02. The Morgan fingerprint density at radius 3 is 2.69 bits per heavy atom. The third kappa shape index (κ3) is 5.20. The summed E-state index contributed by atoms with van der Waals surface area (Å²) in [6, 6.07) is 5.94. The van der Waals surface area contributed by atoms with E-state index < -0.39 is 0 Å². The molecule has 144 valence electrons. The summed E-state index contributed by atoms with van der Waals surface area (Å²) in [7, 11) is 1.37. The number of thioether (sulfide) groups is 1. The number of quaternary nitrogens is 1. The molecule has 0 aliphatic carbocycles. The van der Waals surface area contributed by atoms with Crippen molar-refractivity contribution in [3.63, 3.8) is 0 Å². The van der Waals surface area contributed by atoms with E-state index in [0.717, 1.165) is 35.6 Å². The molecule has 26 heavy (non-hydrogen) atoms. The zero-order valence-electron chi connectivity index (χ0n) is 15.7.